The van der Waals surface area contributed by atoms with Gasteiger partial charge in [0.05, 0.1) is 25.5 Å². The molecule has 0 aliphatic rings. The first kappa shape index (κ1) is 15.6. The summed E-state index contributed by atoms with van der Waals surface area (Å²) in [6.45, 7) is 2.22. The molecule has 96 valence electrons. The smallest absolute Gasteiger partial charge is 0.338 e. The number of hydrogen-bond donors (Lipinski definition) is 0. The molecule has 1 rings (SSSR count). The van der Waals surface area contributed by atoms with E-state index in [0.29, 0.717) is 12.2 Å². The maximum Gasteiger partial charge on any atom is 0.338 e. The molecule has 17 heavy (non-hydrogen) atoms. The zero-order valence-corrected chi connectivity index (χ0v) is 10.9. The van der Waals surface area contributed by atoms with Gasteiger partial charge in [0.25, 0.3) is 10.1 Å². The van der Waals surface area contributed by atoms with E-state index in [1.165, 1.54) is 0 Å². The largest absolute Gasteiger partial charge is 0.462 e. The molecule has 0 saturated carbocycles. The molecule has 0 saturated heterocycles. The maximum atomic E-state index is 11.0. The van der Waals surface area contributed by atoms with Crippen molar-refractivity contribution in [2.45, 2.75) is 6.92 Å². The van der Waals surface area contributed by atoms with Gasteiger partial charge in [-0.3, -0.25) is 4.18 Å². The van der Waals surface area contributed by atoms with Gasteiger partial charge >= 0.3 is 5.97 Å². The van der Waals surface area contributed by atoms with Crippen LogP contribution in [0.15, 0.2) is 30.3 Å². The molecule has 5 nitrogen and oxygen atoms in total. The Morgan fingerprint density at radius 1 is 1.24 bits per heavy atom. The maximum absolute atomic E-state index is 11.0. The fourth-order valence-electron chi connectivity index (χ4n) is 0.789. The van der Waals surface area contributed by atoms with Gasteiger partial charge in [0, 0.05) is 0 Å². The minimum Gasteiger partial charge on any atom is -0.462 e. The van der Waals surface area contributed by atoms with Crippen molar-refractivity contribution < 1.29 is 22.1 Å². The van der Waals surface area contributed by atoms with Crippen LogP contribution < -0.4 is 0 Å². The average molecular weight is 260 g/mol. The second-order valence-corrected chi connectivity index (χ2v) is 4.70. The number of hydrogen-bond acceptors (Lipinski definition) is 5. The van der Waals surface area contributed by atoms with E-state index in [9.17, 15) is 13.2 Å². The van der Waals surface area contributed by atoms with Crippen LogP contribution in [0.3, 0.4) is 0 Å². The highest BCUT2D eigenvalue weighted by molar-refractivity contribution is 7.85. The summed E-state index contributed by atoms with van der Waals surface area (Å²) in [5.74, 6) is -0.256. The Bertz CT molecular complexity index is 424. The summed E-state index contributed by atoms with van der Waals surface area (Å²) in [6.07, 6.45) is 0.993. The van der Waals surface area contributed by atoms with Crippen LogP contribution in [0.25, 0.3) is 0 Å². The van der Waals surface area contributed by atoms with E-state index < -0.39 is 10.1 Å². The fourth-order valence-corrected chi connectivity index (χ4v) is 0.789. The van der Waals surface area contributed by atoms with Gasteiger partial charge in [-0.2, -0.15) is 8.42 Å². The topological polar surface area (TPSA) is 69.7 Å². The number of carbonyl (C=O) groups is 1. The molecule has 0 bridgehead atoms. The van der Waals surface area contributed by atoms with Crippen LogP contribution in [0.4, 0.5) is 0 Å². The number of esters is 1. The molecule has 1 aromatic rings. The zero-order chi connectivity index (χ0) is 13.3. The summed E-state index contributed by atoms with van der Waals surface area (Å²) in [5, 5.41) is 0. The Kier molecular flexibility index (Phi) is 7.16. The van der Waals surface area contributed by atoms with Crippen molar-refractivity contribution in [2.75, 3.05) is 20.0 Å². The highest BCUT2D eigenvalue weighted by atomic mass is 32.2. The van der Waals surface area contributed by atoms with Gasteiger partial charge in [0.1, 0.15) is 0 Å². The standard InChI is InChI=1S/C9H10O2.C2H6O3S/c1-2-11-9(10)8-6-4-3-5-7-8;1-5-6(2,3)4/h3-7H,2H2,1H3;1-2H3. The molecule has 0 N–H and O–H groups in total. The summed E-state index contributed by atoms with van der Waals surface area (Å²) in [5.41, 5.74) is 0.606. The van der Waals surface area contributed by atoms with Gasteiger partial charge in [-0.25, -0.2) is 4.79 Å². The molecule has 0 atom stereocenters. The highest BCUT2D eigenvalue weighted by Crippen LogP contribution is 1.99. The van der Waals surface area contributed by atoms with Gasteiger partial charge in [0.2, 0.25) is 0 Å². The minimum absolute atomic E-state index is 0.256. The quantitative estimate of drug-likeness (QED) is 0.608. The van der Waals surface area contributed by atoms with Gasteiger partial charge in [-0.1, -0.05) is 18.2 Å². The van der Waals surface area contributed by atoms with Gasteiger partial charge < -0.3 is 4.74 Å². The van der Waals surface area contributed by atoms with Crippen LogP contribution >= 0.6 is 0 Å². The molecule has 0 aliphatic heterocycles. The molecule has 0 fully saturated rings. The van der Waals surface area contributed by atoms with Gasteiger partial charge in [-0.05, 0) is 19.1 Å². The van der Waals surface area contributed by atoms with E-state index >= 15 is 0 Å². The predicted molar refractivity (Wildman–Crippen MR) is 64.3 cm³/mol. The Morgan fingerprint density at radius 3 is 2.06 bits per heavy atom. The van der Waals surface area contributed by atoms with Crippen molar-refractivity contribution >= 4 is 16.1 Å². The van der Waals surface area contributed by atoms with Crippen LogP contribution in [0.5, 0.6) is 0 Å². The molecule has 0 aliphatic carbocycles. The van der Waals surface area contributed by atoms with Crippen molar-refractivity contribution in [1.82, 2.24) is 0 Å². The first-order valence-electron chi connectivity index (χ1n) is 4.88. The average Bonchev–Trinajstić information content (AvgIpc) is 2.30. The van der Waals surface area contributed by atoms with Crippen LogP contribution in [0.2, 0.25) is 0 Å². The number of benzene rings is 1. The Labute approximate surface area is 101 Å². The normalized spacial score (nSPS) is 10.1. The van der Waals surface area contributed by atoms with Crippen molar-refractivity contribution in [3.05, 3.63) is 35.9 Å². The summed E-state index contributed by atoms with van der Waals surface area (Å²) in [4.78, 5) is 11.0. The second-order valence-electron chi connectivity index (χ2n) is 2.96. The van der Waals surface area contributed by atoms with Crippen LogP contribution in [-0.2, 0) is 19.0 Å². The van der Waals surface area contributed by atoms with Gasteiger partial charge in [-0.15, -0.1) is 0 Å². The molecule has 0 radical (unpaired) electrons. The number of ether oxygens (including phenoxy) is 1. The molecule has 0 unspecified atom stereocenters. The highest BCUT2D eigenvalue weighted by Gasteiger charge is 2.02. The third-order valence-electron chi connectivity index (χ3n) is 1.59. The first-order valence-corrected chi connectivity index (χ1v) is 6.70. The van der Waals surface area contributed by atoms with Crippen LogP contribution in [0, 0.1) is 0 Å². The van der Waals surface area contributed by atoms with E-state index in [1.807, 2.05) is 18.2 Å². The number of rotatable bonds is 3. The lowest BCUT2D eigenvalue weighted by molar-refractivity contribution is 0.0526. The van der Waals surface area contributed by atoms with Crippen molar-refractivity contribution in [3.63, 3.8) is 0 Å². The third-order valence-corrected chi connectivity index (χ3v) is 2.19. The summed E-state index contributed by atoms with van der Waals surface area (Å²) in [6, 6.07) is 8.96. The summed E-state index contributed by atoms with van der Waals surface area (Å²) >= 11 is 0. The van der Waals surface area contributed by atoms with Crippen LogP contribution in [0.1, 0.15) is 17.3 Å². The van der Waals surface area contributed by atoms with E-state index in [4.69, 9.17) is 4.74 Å². The van der Waals surface area contributed by atoms with Crippen molar-refractivity contribution in [3.8, 4) is 0 Å². The molecule has 6 heteroatoms. The Morgan fingerprint density at radius 2 is 1.71 bits per heavy atom. The zero-order valence-electron chi connectivity index (χ0n) is 10.0. The lowest BCUT2D eigenvalue weighted by Crippen LogP contribution is -2.03. The summed E-state index contributed by atoms with van der Waals surface area (Å²) < 4.78 is 28.3. The second kappa shape index (κ2) is 7.81. The third kappa shape index (κ3) is 8.41. The predicted octanol–water partition coefficient (Wildman–Crippen LogP) is 1.46. The molecule has 0 amide bonds. The minimum atomic E-state index is -3.16. The van der Waals surface area contributed by atoms with E-state index in [2.05, 4.69) is 4.18 Å². The fraction of sp³-hybridized carbons (Fsp3) is 0.364. The van der Waals surface area contributed by atoms with Gasteiger partial charge in [0.15, 0.2) is 0 Å². The molecule has 1 aromatic carbocycles. The van der Waals surface area contributed by atoms with E-state index in [0.717, 1.165) is 13.4 Å². The lowest BCUT2D eigenvalue weighted by Gasteiger charge is -1.99. The first-order chi connectivity index (χ1) is 7.90. The molecule has 0 heterocycles. The van der Waals surface area contributed by atoms with E-state index in [-0.39, 0.29) is 5.97 Å². The molecule has 0 spiro atoms. The lowest BCUT2D eigenvalue weighted by atomic mass is 10.2. The summed E-state index contributed by atoms with van der Waals surface area (Å²) in [7, 11) is -2.04. The Balaban J connectivity index is 0.000000366. The van der Waals surface area contributed by atoms with E-state index in [1.54, 1.807) is 19.1 Å². The monoisotopic (exact) mass is 260 g/mol. The number of carbonyl (C=O) groups excluding carboxylic acids is 1. The molecular formula is C11H16O5S. The van der Waals surface area contributed by atoms with Crippen molar-refractivity contribution in [1.29, 1.82) is 0 Å². The SMILES string of the molecule is CCOC(=O)c1ccccc1.COS(C)(=O)=O. The van der Waals surface area contributed by atoms with Crippen LogP contribution in [-0.4, -0.2) is 34.4 Å². The molecular weight excluding hydrogens is 244 g/mol. The Hall–Kier alpha value is -1.40. The van der Waals surface area contributed by atoms with Crippen molar-refractivity contribution in [2.24, 2.45) is 0 Å². The molecule has 0 aromatic heterocycles.